The first-order chi connectivity index (χ1) is 13.6. The van der Waals surface area contributed by atoms with Crippen molar-refractivity contribution in [2.75, 3.05) is 20.0 Å². The van der Waals surface area contributed by atoms with E-state index in [9.17, 15) is 4.79 Å². The number of nitrogens with zero attached hydrogens (tertiary/aromatic N) is 3. The Balaban J connectivity index is 1.78. The number of thioether (sulfide) groups is 1. The third-order valence-corrected chi connectivity index (χ3v) is 5.49. The molecule has 0 aliphatic rings. The van der Waals surface area contributed by atoms with E-state index in [1.165, 1.54) is 11.8 Å². The number of aromatic nitrogens is 3. The monoisotopic (exact) mass is 393 g/mol. The molecule has 2 heterocycles. The van der Waals surface area contributed by atoms with E-state index in [4.69, 9.17) is 9.47 Å². The van der Waals surface area contributed by atoms with Gasteiger partial charge in [0.15, 0.2) is 28.1 Å². The van der Waals surface area contributed by atoms with E-state index in [0.717, 1.165) is 22.1 Å². The van der Waals surface area contributed by atoms with Crippen molar-refractivity contribution in [2.24, 2.45) is 0 Å². The quantitative estimate of drug-likeness (QED) is 0.362. The molecule has 0 aliphatic carbocycles. The van der Waals surface area contributed by atoms with Crippen molar-refractivity contribution in [1.82, 2.24) is 14.6 Å². The second kappa shape index (κ2) is 7.52. The highest BCUT2D eigenvalue weighted by atomic mass is 32.2. The Morgan fingerprint density at radius 2 is 1.75 bits per heavy atom. The van der Waals surface area contributed by atoms with Crippen LogP contribution < -0.4 is 9.47 Å². The van der Waals surface area contributed by atoms with Crippen molar-refractivity contribution in [2.45, 2.75) is 12.1 Å². The zero-order valence-electron chi connectivity index (χ0n) is 15.8. The summed E-state index contributed by atoms with van der Waals surface area (Å²) in [7, 11) is 3.22. The molecule has 6 nitrogen and oxygen atoms in total. The second-order valence-corrected chi connectivity index (χ2v) is 7.26. The Morgan fingerprint density at radius 1 is 1.04 bits per heavy atom. The number of methoxy groups -OCH3 is 2. The number of benzene rings is 2. The molecular formula is C21H19N3O3S. The molecular weight excluding hydrogens is 374 g/mol. The van der Waals surface area contributed by atoms with Crippen LogP contribution in [0.1, 0.15) is 15.9 Å². The average molecular weight is 393 g/mol. The van der Waals surface area contributed by atoms with Gasteiger partial charge in [0.25, 0.3) is 0 Å². The molecule has 4 rings (SSSR count). The first-order valence-electron chi connectivity index (χ1n) is 8.74. The van der Waals surface area contributed by atoms with Crippen LogP contribution in [0.5, 0.6) is 11.5 Å². The molecule has 0 radical (unpaired) electrons. The van der Waals surface area contributed by atoms with E-state index in [-0.39, 0.29) is 11.5 Å². The minimum atomic E-state index is 0.0542. The highest BCUT2D eigenvalue weighted by molar-refractivity contribution is 7.99. The number of aryl methyl sites for hydroxylation is 1. The number of Topliss-reactive ketones (excluding diaryl/α,β-unsaturated/α-hetero) is 1. The van der Waals surface area contributed by atoms with Gasteiger partial charge in [-0.25, -0.2) is 0 Å². The lowest BCUT2D eigenvalue weighted by molar-refractivity contribution is 0.102. The van der Waals surface area contributed by atoms with Gasteiger partial charge < -0.3 is 9.47 Å². The maximum absolute atomic E-state index is 12.5. The highest BCUT2D eigenvalue weighted by Gasteiger charge is 2.16. The molecule has 0 amide bonds. The lowest BCUT2D eigenvalue weighted by Gasteiger charge is -2.12. The Kier molecular flexibility index (Phi) is 4.92. The van der Waals surface area contributed by atoms with Crippen LogP contribution in [0.2, 0.25) is 0 Å². The van der Waals surface area contributed by atoms with Crippen molar-refractivity contribution in [3.8, 4) is 11.5 Å². The van der Waals surface area contributed by atoms with Crippen molar-refractivity contribution in [3.05, 3.63) is 59.7 Å². The second-order valence-electron chi connectivity index (χ2n) is 6.31. The summed E-state index contributed by atoms with van der Waals surface area (Å²) in [6.07, 6.45) is 0. The highest BCUT2D eigenvalue weighted by Crippen LogP contribution is 2.34. The Hall–Kier alpha value is -3.06. The van der Waals surface area contributed by atoms with Crippen LogP contribution >= 0.6 is 11.8 Å². The van der Waals surface area contributed by atoms with Gasteiger partial charge in [-0.3, -0.25) is 9.20 Å². The summed E-state index contributed by atoms with van der Waals surface area (Å²) < 4.78 is 12.8. The van der Waals surface area contributed by atoms with Crippen LogP contribution in [0.3, 0.4) is 0 Å². The fourth-order valence-electron chi connectivity index (χ4n) is 3.16. The van der Waals surface area contributed by atoms with Gasteiger partial charge in [0.1, 0.15) is 0 Å². The third-order valence-electron chi connectivity index (χ3n) is 4.56. The largest absolute Gasteiger partial charge is 0.493 e. The Bertz CT molecular complexity index is 1170. The molecule has 7 heteroatoms. The first kappa shape index (κ1) is 18.3. The van der Waals surface area contributed by atoms with Crippen molar-refractivity contribution in [1.29, 1.82) is 0 Å². The predicted octanol–water partition coefficient (Wildman–Crippen LogP) is 4.18. The van der Waals surface area contributed by atoms with E-state index in [1.54, 1.807) is 14.2 Å². The lowest BCUT2D eigenvalue weighted by Crippen LogP contribution is -2.03. The van der Waals surface area contributed by atoms with Crippen LogP contribution in [0.25, 0.3) is 16.6 Å². The summed E-state index contributed by atoms with van der Waals surface area (Å²) in [6, 6.07) is 15.2. The number of rotatable bonds is 6. The number of ketones is 1. The minimum absolute atomic E-state index is 0.0542. The smallest absolute Gasteiger partial charge is 0.196 e. The van der Waals surface area contributed by atoms with Gasteiger partial charge in [-0.2, -0.15) is 0 Å². The Labute approximate surface area is 166 Å². The standard InChI is InChI=1S/C21H19N3O3S/c1-13-9-15-10-18(26-2)19(27-3)11-16(15)24-20(13)22-23-21(24)28-12-17(25)14-7-5-4-6-8-14/h4-11H,12H2,1-3H3. The zero-order chi connectivity index (χ0) is 19.7. The van der Waals surface area contributed by atoms with Gasteiger partial charge in [0.05, 0.1) is 25.5 Å². The Morgan fingerprint density at radius 3 is 2.46 bits per heavy atom. The van der Waals surface area contributed by atoms with Gasteiger partial charge in [0, 0.05) is 17.0 Å². The average Bonchev–Trinajstić information content (AvgIpc) is 3.16. The van der Waals surface area contributed by atoms with Gasteiger partial charge in [-0.05, 0) is 24.6 Å². The molecule has 28 heavy (non-hydrogen) atoms. The molecule has 142 valence electrons. The normalized spacial score (nSPS) is 11.1. The number of fused-ring (bicyclic) bond motifs is 3. The summed E-state index contributed by atoms with van der Waals surface area (Å²) in [4.78, 5) is 12.5. The van der Waals surface area contributed by atoms with Crippen molar-refractivity contribution < 1.29 is 14.3 Å². The zero-order valence-corrected chi connectivity index (χ0v) is 16.6. The number of carbonyl (C=O) groups excluding carboxylic acids is 1. The number of hydrogen-bond acceptors (Lipinski definition) is 6. The molecule has 0 saturated carbocycles. The molecule has 0 saturated heterocycles. The minimum Gasteiger partial charge on any atom is -0.493 e. The fraction of sp³-hybridized carbons (Fsp3) is 0.190. The molecule has 4 aromatic rings. The lowest BCUT2D eigenvalue weighted by atomic mass is 10.1. The molecule has 0 fully saturated rings. The maximum Gasteiger partial charge on any atom is 0.196 e. The number of carbonyl (C=O) groups is 1. The van der Waals surface area contributed by atoms with E-state index < -0.39 is 0 Å². The first-order valence-corrected chi connectivity index (χ1v) is 9.72. The topological polar surface area (TPSA) is 65.7 Å². The third kappa shape index (κ3) is 3.18. The van der Waals surface area contributed by atoms with E-state index in [0.29, 0.717) is 22.2 Å². The number of pyridine rings is 1. The molecule has 0 unspecified atom stereocenters. The van der Waals surface area contributed by atoms with Crippen LogP contribution in [-0.2, 0) is 0 Å². The molecule has 0 bridgehead atoms. The molecule has 0 atom stereocenters. The number of ether oxygens (including phenoxy) is 2. The molecule has 0 N–H and O–H groups in total. The SMILES string of the molecule is COc1cc2cc(C)c3nnc(SCC(=O)c4ccccc4)n3c2cc1OC. The van der Waals surface area contributed by atoms with Gasteiger partial charge in [-0.15, -0.1) is 10.2 Å². The summed E-state index contributed by atoms with van der Waals surface area (Å²) in [5, 5.41) is 10.3. The summed E-state index contributed by atoms with van der Waals surface area (Å²) >= 11 is 1.37. The van der Waals surface area contributed by atoms with Gasteiger partial charge in [0.2, 0.25) is 0 Å². The predicted molar refractivity (Wildman–Crippen MR) is 110 cm³/mol. The fourth-order valence-corrected chi connectivity index (χ4v) is 4.00. The summed E-state index contributed by atoms with van der Waals surface area (Å²) in [6.45, 7) is 1.99. The molecule has 2 aromatic heterocycles. The van der Waals surface area contributed by atoms with Crippen molar-refractivity contribution >= 4 is 34.1 Å². The molecule has 0 aliphatic heterocycles. The molecule has 0 spiro atoms. The van der Waals surface area contributed by atoms with Crippen LogP contribution in [0.15, 0.2) is 53.7 Å². The van der Waals surface area contributed by atoms with Gasteiger partial charge >= 0.3 is 0 Å². The van der Waals surface area contributed by atoms with E-state index in [1.807, 2.05) is 59.9 Å². The summed E-state index contributed by atoms with van der Waals surface area (Å²) in [5.41, 5.74) is 3.34. The maximum atomic E-state index is 12.5. The van der Waals surface area contributed by atoms with Gasteiger partial charge in [-0.1, -0.05) is 42.1 Å². The molecule has 2 aromatic carbocycles. The van der Waals surface area contributed by atoms with Crippen LogP contribution in [-0.4, -0.2) is 40.4 Å². The van der Waals surface area contributed by atoms with Crippen LogP contribution in [0, 0.1) is 6.92 Å². The van der Waals surface area contributed by atoms with Crippen LogP contribution in [0.4, 0.5) is 0 Å². The van der Waals surface area contributed by atoms with E-state index in [2.05, 4.69) is 10.2 Å². The summed E-state index contributed by atoms with van der Waals surface area (Å²) in [5.74, 6) is 1.63. The number of hydrogen-bond donors (Lipinski definition) is 0. The van der Waals surface area contributed by atoms with Crippen molar-refractivity contribution in [3.63, 3.8) is 0 Å². The van der Waals surface area contributed by atoms with E-state index >= 15 is 0 Å².